The molecule has 1 rings (SSSR count). The predicted molar refractivity (Wildman–Crippen MR) is 50.0 cm³/mol. The van der Waals surface area contributed by atoms with Crippen LogP contribution in [0.3, 0.4) is 0 Å². The standard InChI is InChI=1S/C8H9NO2S/c1-9-4-2-3-6(9)5-7(12)8(10)11/h2-5,12H,1H3,(H,10,11)/b7-5-. The van der Waals surface area contributed by atoms with Gasteiger partial charge in [0, 0.05) is 18.9 Å². The van der Waals surface area contributed by atoms with Gasteiger partial charge in [0.05, 0.1) is 4.91 Å². The molecule has 0 aromatic carbocycles. The highest BCUT2D eigenvalue weighted by atomic mass is 32.1. The molecule has 1 heterocycles. The fraction of sp³-hybridized carbons (Fsp3) is 0.125. The minimum atomic E-state index is -1.01. The predicted octanol–water partition coefficient (Wildman–Crippen LogP) is 1.38. The first-order valence-corrected chi connectivity index (χ1v) is 3.81. The number of carboxylic acid groups (broad SMARTS) is 1. The molecule has 0 atom stereocenters. The highest BCUT2D eigenvalue weighted by molar-refractivity contribution is 7.85. The lowest BCUT2D eigenvalue weighted by Crippen LogP contribution is -1.95. The number of carbonyl (C=O) groups is 1. The first kappa shape index (κ1) is 8.93. The Labute approximate surface area is 75.7 Å². The van der Waals surface area contributed by atoms with Crippen LogP contribution in [0.5, 0.6) is 0 Å². The summed E-state index contributed by atoms with van der Waals surface area (Å²) in [6.07, 6.45) is 3.35. The van der Waals surface area contributed by atoms with Crippen LogP contribution in [0, 0.1) is 0 Å². The van der Waals surface area contributed by atoms with Gasteiger partial charge in [-0.1, -0.05) is 0 Å². The van der Waals surface area contributed by atoms with Crippen molar-refractivity contribution < 1.29 is 9.90 Å². The first-order chi connectivity index (χ1) is 5.61. The molecule has 0 saturated carbocycles. The smallest absolute Gasteiger partial charge is 0.341 e. The van der Waals surface area contributed by atoms with Crippen LogP contribution in [-0.2, 0) is 11.8 Å². The number of carboxylic acids is 1. The molecule has 0 saturated heterocycles. The van der Waals surface area contributed by atoms with Gasteiger partial charge in [0.1, 0.15) is 0 Å². The second-order valence-electron chi connectivity index (χ2n) is 2.38. The summed E-state index contributed by atoms with van der Waals surface area (Å²) in [5.74, 6) is -1.01. The lowest BCUT2D eigenvalue weighted by Gasteiger charge is -1.96. The third-order valence-corrected chi connectivity index (χ3v) is 1.81. The fourth-order valence-electron chi connectivity index (χ4n) is 0.826. The van der Waals surface area contributed by atoms with Crippen LogP contribution in [0.15, 0.2) is 23.2 Å². The van der Waals surface area contributed by atoms with E-state index in [0.29, 0.717) is 0 Å². The van der Waals surface area contributed by atoms with Crippen LogP contribution in [0.4, 0.5) is 0 Å². The summed E-state index contributed by atoms with van der Waals surface area (Å²) >= 11 is 3.81. The normalized spacial score (nSPS) is 11.7. The number of hydrogen-bond acceptors (Lipinski definition) is 2. The summed E-state index contributed by atoms with van der Waals surface area (Å²) in [5.41, 5.74) is 0.822. The maximum absolute atomic E-state index is 10.4. The Balaban J connectivity index is 2.95. The lowest BCUT2D eigenvalue weighted by atomic mass is 10.4. The van der Waals surface area contributed by atoms with Crippen LogP contribution < -0.4 is 0 Å². The van der Waals surface area contributed by atoms with E-state index in [1.807, 2.05) is 29.9 Å². The second kappa shape index (κ2) is 3.49. The van der Waals surface area contributed by atoms with Crippen molar-refractivity contribution in [1.82, 2.24) is 4.57 Å². The number of aromatic nitrogens is 1. The molecule has 0 aliphatic heterocycles. The highest BCUT2D eigenvalue weighted by Crippen LogP contribution is 2.09. The molecule has 1 aromatic rings. The van der Waals surface area contributed by atoms with Gasteiger partial charge in [-0.3, -0.25) is 0 Å². The molecule has 3 nitrogen and oxygen atoms in total. The van der Waals surface area contributed by atoms with Crippen LogP contribution in [0.2, 0.25) is 0 Å². The molecule has 0 amide bonds. The van der Waals surface area contributed by atoms with Crippen LogP contribution in [-0.4, -0.2) is 15.6 Å². The zero-order valence-electron chi connectivity index (χ0n) is 6.56. The monoisotopic (exact) mass is 183 g/mol. The van der Waals surface area contributed by atoms with Gasteiger partial charge >= 0.3 is 5.97 Å². The van der Waals surface area contributed by atoms with Crippen molar-refractivity contribution in [3.63, 3.8) is 0 Å². The van der Waals surface area contributed by atoms with Crippen molar-refractivity contribution in [2.75, 3.05) is 0 Å². The molecule has 4 heteroatoms. The minimum absolute atomic E-state index is 0.0387. The third kappa shape index (κ3) is 1.92. The summed E-state index contributed by atoms with van der Waals surface area (Å²) in [4.78, 5) is 10.4. The molecule has 0 aliphatic carbocycles. The Morgan fingerprint density at radius 3 is 2.83 bits per heavy atom. The minimum Gasteiger partial charge on any atom is -0.477 e. The van der Waals surface area contributed by atoms with Crippen molar-refractivity contribution in [1.29, 1.82) is 0 Å². The zero-order valence-corrected chi connectivity index (χ0v) is 7.45. The van der Waals surface area contributed by atoms with Gasteiger partial charge < -0.3 is 9.67 Å². The SMILES string of the molecule is Cn1cccc1/C=C(\S)C(=O)O. The number of hydrogen-bond donors (Lipinski definition) is 2. The Kier molecular flexibility index (Phi) is 2.60. The van der Waals surface area contributed by atoms with Gasteiger partial charge in [0.2, 0.25) is 0 Å². The Morgan fingerprint density at radius 2 is 2.42 bits per heavy atom. The number of aliphatic carboxylic acids is 1. The average Bonchev–Trinajstić information content (AvgIpc) is 2.36. The molecule has 64 valence electrons. The molecule has 0 fully saturated rings. The molecule has 0 radical (unpaired) electrons. The summed E-state index contributed by atoms with van der Waals surface area (Å²) in [7, 11) is 1.84. The van der Waals surface area contributed by atoms with Gasteiger partial charge in [0.25, 0.3) is 0 Å². The van der Waals surface area contributed by atoms with E-state index in [-0.39, 0.29) is 4.91 Å². The largest absolute Gasteiger partial charge is 0.477 e. The first-order valence-electron chi connectivity index (χ1n) is 3.36. The maximum Gasteiger partial charge on any atom is 0.341 e. The van der Waals surface area contributed by atoms with Crippen molar-refractivity contribution in [2.45, 2.75) is 0 Å². The topological polar surface area (TPSA) is 42.2 Å². The molecule has 12 heavy (non-hydrogen) atoms. The average molecular weight is 183 g/mol. The molecule has 0 unspecified atom stereocenters. The lowest BCUT2D eigenvalue weighted by molar-refractivity contribution is -0.131. The van der Waals surface area contributed by atoms with Crippen molar-refractivity contribution in [2.24, 2.45) is 7.05 Å². The van der Waals surface area contributed by atoms with Gasteiger partial charge in [-0.2, -0.15) is 0 Å². The summed E-state index contributed by atoms with van der Waals surface area (Å²) in [5, 5.41) is 8.52. The van der Waals surface area contributed by atoms with Crippen molar-refractivity contribution >= 4 is 24.7 Å². The fourth-order valence-corrected chi connectivity index (χ4v) is 0.958. The van der Waals surface area contributed by atoms with Crippen molar-refractivity contribution in [3.05, 3.63) is 28.9 Å². The Hall–Kier alpha value is -1.16. The molecular formula is C8H9NO2S. The zero-order chi connectivity index (χ0) is 9.14. The van der Waals surface area contributed by atoms with E-state index in [0.717, 1.165) is 5.69 Å². The van der Waals surface area contributed by atoms with Crippen molar-refractivity contribution in [3.8, 4) is 0 Å². The van der Waals surface area contributed by atoms with Gasteiger partial charge in [-0.05, 0) is 18.2 Å². The van der Waals surface area contributed by atoms with Crippen LogP contribution in [0.25, 0.3) is 6.08 Å². The third-order valence-electron chi connectivity index (χ3n) is 1.49. The summed E-state index contributed by atoms with van der Waals surface area (Å²) < 4.78 is 1.82. The highest BCUT2D eigenvalue weighted by Gasteiger charge is 2.01. The molecule has 1 aromatic heterocycles. The molecule has 0 bridgehead atoms. The Bertz CT molecular complexity index is 328. The number of rotatable bonds is 2. The number of thiol groups is 1. The number of aryl methyl sites for hydroxylation is 1. The van der Waals surface area contributed by atoms with Gasteiger partial charge in [-0.25, -0.2) is 4.79 Å². The van der Waals surface area contributed by atoms with E-state index in [1.165, 1.54) is 6.08 Å². The van der Waals surface area contributed by atoms with Crippen LogP contribution in [0.1, 0.15) is 5.69 Å². The summed E-state index contributed by atoms with van der Waals surface area (Å²) in [6.45, 7) is 0. The second-order valence-corrected chi connectivity index (χ2v) is 2.86. The molecule has 0 spiro atoms. The maximum atomic E-state index is 10.4. The van der Waals surface area contributed by atoms with Gasteiger partial charge in [0.15, 0.2) is 0 Å². The van der Waals surface area contributed by atoms with E-state index in [1.54, 1.807) is 0 Å². The van der Waals surface area contributed by atoms with E-state index in [9.17, 15) is 4.79 Å². The van der Waals surface area contributed by atoms with E-state index < -0.39 is 5.97 Å². The van der Waals surface area contributed by atoms with E-state index >= 15 is 0 Å². The Morgan fingerprint density at radius 1 is 1.75 bits per heavy atom. The van der Waals surface area contributed by atoms with E-state index in [4.69, 9.17) is 5.11 Å². The van der Waals surface area contributed by atoms with Gasteiger partial charge in [-0.15, -0.1) is 12.6 Å². The molecule has 1 N–H and O–H groups in total. The summed E-state index contributed by atoms with van der Waals surface area (Å²) in [6, 6.07) is 3.66. The number of nitrogens with zero attached hydrogens (tertiary/aromatic N) is 1. The molecule has 0 aliphatic rings. The van der Waals surface area contributed by atoms with E-state index in [2.05, 4.69) is 12.6 Å². The molecular weight excluding hydrogens is 174 g/mol. The quantitative estimate of drug-likeness (QED) is 0.537. The van der Waals surface area contributed by atoms with Crippen LogP contribution >= 0.6 is 12.6 Å².